The Bertz CT molecular complexity index is 1460. The molecule has 0 spiro atoms. The summed E-state index contributed by atoms with van der Waals surface area (Å²) in [6, 6.07) is 18.2. The van der Waals surface area contributed by atoms with E-state index in [0.717, 1.165) is 34.4 Å². The van der Waals surface area contributed by atoms with Gasteiger partial charge in [0.05, 0.1) is 25.3 Å². The van der Waals surface area contributed by atoms with Crippen LogP contribution in [0, 0.1) is 11.6 Å². The van der Waals surface area contributed by atoms with Crippen molar-refractivity contribution in [3.8, 4) is 34.1 Å². The molecule has 6 nitrogen and oxygen atoms in total. The molecular formula is C30H22F2O6. The Hall–Kier alpha value is -4.72. The number of carbonyl (C=O) groups is 2. The van der Waals surface area contributed by atoms with Crippen LogP contribution >= 0.6 is 0 Å². The van der Waals surface area contributed by atoms with E-state index in [1.54, 1.807) is 24.3 Å². The SMILES string of the molecule is COc1ccc(C(=O)Oc2ccc3c(c2)C(C)c2cc(OC(=O)c4ccc(OC)cc4F)ccc2-3)c(F)c1. The van der Waals surface area contributed by atoms with E-state index in [4.69, 9.17) is 18.9 Å². The largest absolute Gasteiger partial charge is 0.497 e. The van der Waals surface area contributed by atoms with E-state index in [1.165, 1.54) is 38.5 Å². The van der Waals surface area contributed by atoms with Crippen molar-refractivity contribution in [1.29, 1.82) is 0 Å². The van der Waals surface area contributed by atoms with Crippen LogP contribution in [0.5, 0.6) is 23.0 Å². The average molecular weight is 516 g/mol. The maximum atomic E-state index is 14.3. The Morgan fingerprint density at radius 1 is 0.605 bits per heavy atom. The first-order chi connectivity index (χ1) is 18.3. The summed E-state index contributed by atoms with van der Waals surface area (Å²) in [5, 5.41) is 0. The minimum absolute atomic E-state index is 0.118. The second-order valence-electron chi connectivity index (χ2n) is 8.69. The van der Waals surface area contributed by atoms with Gasteiger partial charge in [0.15, 0.2) is 0 Å². The highest BCUT2D eigenvalue weighted by molar-refractivity contribution is 5.92. The number of fused-ring (bicyclic) bond motifs is 3. The van der Waals surface area contributed by atoms with E-state index < -0.39 is 23.6 Å². The van der Waals surface area contributed by atoms with Crippen molar-refractivity contribution in [3.63, 3.8) is 0 Å². The minimum atomic E-state index is -0.826. The van der Waals surface area contributed by atoms with Gasteiger partial charge in [0, 0.05) is 18.1 Å². The molecule has 4 aromatic carbocycles. The molecule has 0 unspecified atom stereocenters. The summed E-state index contributed by atoms with van der Waals surface area (Å²) in [6.45, 7) is 1.97. The van der Waals surface area contributed by atoms with Crippen LogP contribution in [0.3, 0.4) is 0 Å². The lowest BCUT2D eigenvalue weighted by molar-refractivity contribution is 0.0719. The standard InChI is InChI=1S/C30H22F2O6/c1-16-25-12-19(37-29(33)23-10-4-17(35-2)14-27(23)31)6-8-21(25)22-9-7-20(13-26(16)22)38-30(34)24-11-5-18(36-3)15-28(24)32/h4-16H,1-3H3. The molecule has 0 saturated heterocycles. The van der Waals surface area contributed by atoms with Gasteiger partial charge < -0.3 is 18.9 Å². The predicted molar refractivity (Wildman–Crippen MR) is 135 cm³/mol. The Morgan fingerprint density at radius 2 is 1.00 bits per heavy atom. The van der Waals surface area contributed by atoms with Gasteiger partial charge in [-0.15, -0.1) is 0 Å². The molecule has 192 valence electrons. The number of esters is 2. The quantitative estimate of drug-likeness (QED) is 0.214. The summed E-state index contributed by atoms with van der Waals surface area (Å²) in [6.07, 6.45) is 0. The van der Waals surface area contributed by atoms with Gasteiger partial charge in [-0.2, -0.15) is 0 Å². The van der Waals surface area contributed by atoms with E-state index in [0.29, 0.717) is 11.5 Å². The van der Waals surface area contributed by atoms with E-state index in [-0.39, 0.29) is 28.5 Å². The molecule has 38 heavy (non-hydrogen) atoms. The summed E-state index contributed by atoms with van der Waals surface area (Å²) in [5.74, 6) is -2.13. The zero-order chi connectivity index (χ0) is 27.0. The summed E-state index contributed by atoms with van der Waals surface area (Å²) in [7, 11) is 2.81. The van der Waals surface area contributed by atoms with E-state index in [9.17, 15) is 18.4 Å². The van der Waals surface area contributed by atoms with Gasteiger partial charge in [0.1, 0.15) is 34.6 Å². The van der Waals surface area contributed by atoms with Crippen LogP contribution < -0.4 is 18.9 Å². The molecule has 0 bridgehead atoms. The Kier molecular flexibility index (Phi) is 6.55. The molecular weight excluding hydrogens is 494 g/mol. The van der Waals surface area contributed by atoms with Gasteiger partial charge in [-0.1, -0.05) is 19.1 Å². The number of benzene rings is 4. The molecule has 4 aromatic rings. The van der Waals surface area contributed by atoms with Gasteiger partial charge in [-0.25, -0.2) is 18.4 Å². The van der Waals surface area contributed by atoms with Gasteiger partial charge in [0.2, 0.25) is 0 Å². The molecule has 0 aliphatic heterocycles. The maximum absolute atomic E-state index is 14.3. The third-order valence-corrected chi connectivity index (χ3v) is 6.48. The topological polar surface area (TPSA) is 71.1 Å². The van der Waals surface area contributed by atoms with Crippen molar-refractivity contribution in [1.82, 2.24) is 0 Å². The van der Waals surface area contributed by atoms with E-state index in [2.05, 4.69) is 0 Å². The van der Waals surface area contributed by atoms with Crippen LogP contribution in [0.25, 0.3) is 11.1 Å². The van der Waals surface area contributed by atoms with Gasteiger partial charge in [-0.05, 0) is 70.8 Å². The monoisotopic (exact) mass is 516 g/mol. The molecule has 1 aliphatic rings. The first-order valence-electron chi connectivity index (χ1n) is 11.7. The smallest absolute Gasteiger partial charge is 0.346 e. The summed E-state index contributed by atoms with van der Waals surface area (Å²) in [4.78, 5) is 25.1. The number of ether oxygens (including phenoxy) is 4. The summed E-state index contributed by atoms with van der Waals surface area (Å²) in [5.41, 5.74) is 3.24. The zero-order valence-corrected chi connectivity index (χ0v) is 20.7. The molecule has 5 rings (SSSR count). The van der Waals surface area contributed by atoms with Crippen molar-refractivity contribution in [2.24, 2.45) is 0 Å². The Balaban J connectivity index is 1.35. The number of hydrogen-bond acceptors (Lipinski definition) is 6. The fourth-order valence-electron chi connectivity index (χ4n) is 4.48. The average Bonchev–Trinajstić information content (AvgIpc) is 3.18. The van der Waals surface area contributed by atoms with E-state index in [1.807, 2.05) is 19.1 Å². The molecule has 0 amide bonds. The number of carbonyl (C=O) groups excluding carboxylic acids is 2. The van der Waals surface area contributed by atoms with Gasteiger partial charge >= 0.3 is 11.9 Å². The zero-order valence-electron chi connectivity index (χ0n) is 20.7. The molecule has 0 atom stereocenters. The second kappa shape index (κ2) is 9.97. The van der Waals surface area contributed by atoms with E-state index >= 15 is 0 Å². The van der Waals surface area contributed by atoms with Crippen LogP contribution in [0.1, 0.15) is 44.7 Å². The number of methoxy groups -OCH3 is 2. The van der Waals surface area contributed by atoms with Crippen molar-refractivity contribution in [3.05, 3.63) is 107 Å². The van der Waals surface area contributed by atoms with Crippen molar-refractivity contribution in [2.75, 3.05) is 14.2 Å². The molecule has 8 heteroatoms. The van der Waals surface area contributed by atoms with Crippen molar-refractivity contribution in [2.45, 2.75) is 12.8 Å². The highest BCUT2D eigenvalue weighted by Crippen LogP contribution is 2.47. The molecule has 0 radical (unpaired) electrons. The van der Waals surface area contributed by atoms with Crippen LogP contribution in [-0.4, -0.2) is 26.2 Å². The molecule has 0 saturated carbocycles. The third kappa shape index (κ3) is 4.56. The summed E-state index contributed by atoms with van der Waals surface area (Å²) < 4.78 is 49.4. The Morgan fingerprint density at radius 3 is 1.37 bits per heavy atom. The molecule has 0 heterocycles. The minimum Gasteiger partial charge on any atom is -0.497 e. The first kappa shape index (κ1) is 25.0. The first-order valence-corrected chi connectivity index (χ1v) is 11.7. The van der Waals surface area contributed by atoms with Crippen LogP contribution in [0.4, 0.5) is 8.78 Å². The van der Waals surface area contributed by atoms with Crippen molar-refractivity contribution < 1.29 is 37.3 Å². The fourth-order valence-corrected chi connectivity index (χ4v) is 4.48. The molecule has 0 aromatic heterocycles. The predicted octanol–water partition coefficient (Wildman–Crippen LogP) is 6.55. The number of halogens is 2. The maximum Gasteiger partial charge on any atom is 0.346 e. The lowest BCUT2D eigenvalue weighted by Crippen LogP contribution is -2.11. The van der Waals surface area contributed by atoms with Crippen LogP contribution in [0.2, 0.25) is 0 Å². The number of rotatable bonds is 6. The molecule has 0 N–H and O–H groups in total. The van der Waals surface area contributed by atoms with Crippen LogP contribution in [-0.2, 0) is 0 Å². The van der Waals surface area contributed by atoms with Gasteiger partial charge in [-0.3, -0.25) is 0 Å². The summed E-state index contributed by atoms with van der Waals surface area (Å²) >= 11 is 0. The lowest BCUT2D eigenvalue weighted by atomic mass is 9.99. The normalized spacial score (nSPS) is 11.9. The molecule has 0 fully saturated rings. The number of hydrogen-bond donors (Lipinski definition) is 0. The fraction of sp³-hybridized carbons (Fsp3) is 0.133. The lowest BCUT2D eigenvalue weighted by Gasteiger charge is -2.11. The highest BCUT2D eigenvalue weighted by atomic mass is 19.1. The van der Waals surface area contributed by atoms with Gasteiger partial charge in [0.25, 0.3) is 0 Å². The van der Waals surface area contributed by atoms with Crippen LogP contribution in [0.15, 0.2) is 72.8 Å². The van der Waals surface area contributed by atoms with Crippen molar-refractivity contribution >= 4 is 11.9 Å². The Labute approximate surface area is 217 Å². The second-order valence-corrected chi connectivity index (χ2v) is 8.69. The molecule has 1 aliphatic carbocycles. The highest BCUT2D eigenvalue weighted by Gasteiger charge is 2.27. The third-order valence-electron chi connectivity index (χ3n) is 6.48.